The number of anilines is 3. The first-order valence-electron chi connectivity index (χ1n) is 12.3. The van der Waals surface area contributed by atoms with Crippen LogP contribution in [0.15, 0.2) is 67.1 Å². The fraction of sp³-hybridized carbons (Fsp3) is 0.0741. The Labute approximate surface area is 248 Å². The van der Waals surface area contributed by atoms with Crippen LogP contribution in [0.2, 0.25) is 5.02 Å². The Kier molecular flexibility index (Phi) is 7.19. The maximum Gasteiger partial charge on any atom is 0.432 e. The molecule has 6 aromatic rings. The van der Waals surface area contributed by atoms with Gasteiger partial charge in [0, 0.05) is 31.1 Å². The summed E-state index contributed by atoms with van der Waals surface area (Å²) in [5.74, 6) is 0.644. The largest absolute Gasteiger partial charge is 0.457 e. The number of H-pyrrole nitrogens is 1. The summed E-state index contributed by atoms with van der Waals surface area (Å²) in [7, 11) is 1.81. The van der Waals surface area contributed by atoms with Gasteiger partial charge in [0.25, 0.3) is 11.2 Å². The van der Waals surface area contributed by atoms with Crippen molar-refractivity contribution in [2.75, 3.05) is 10.6 Å². The van der Waals surface area contributed by atoms with E-state index in [-0.39, 0.29) is 21.4 Å². The average Bonchev–Trinajstić information content (AvgIpc) is 3.70. The molecule has 4 heterocycles. The zero-order valence-corrected chi connectivity index (χ0v) is 23.3. The minimum Gasteiger partial charge on any atom is -0.457 e. The summed E-state index contributed by atoms with van der Waals surface area (Å²) in [6, 6.07) is 13.2. The van der Waals surface area contributed by atoms with Crippen LogP contribution in [0.25, 0.3) is 22.6 Å². The van der Waals surface area contributed by atoms with Crippen molar-refractivity contribution in [1.82, 2.24) is 29.5 Å². The molecule has 0 atom stereocenters. The van der Waals surface area contributed by atoms with E-state index in [2.05, 4.69) is 35.6 Å². The van der Waals surface area contributed by atoms with Gasteiger partial charge >= 0.3 is 6.18 Å². The van der Waals surface area contributed by atoms with Crippen LogP contribution in [-0.2, 0) is 13.2 Å². The number of pyridine rings is 1. The molecule has 0 aliphatic heterocycles. The molecular formula is C27H17ClF4N8O2S. The Morgan fingerprint density at radius 1 is 1.05 bits per heavy atom. The average molecular weight is 629 g/mol. The van der Waals surface area contributed by atoms with Crippen molar-refractivity contribution in [1.29, 1.82) is 0 Å². The number of rotatable bonds is 7. The van der Waals surface area contributed by atoms with E-state index in [4.69, 9.17) is 16.3 Å². The van der Waals surface area contributed by atoms with Crippen molar-refractivity contribution in [2.45, 2.75) is 6.18 Å². The standard InChI is InChI=1S/C27H17ClF4N8O2S/c1-40-20-5-3-14(42-15-6-7-33-19(10-15)23-34-12-22(39-23)27(30,31)32)9-18(20)38-26(40)36-13-2-4-16(28)17(8-13)37-24(41)21-11-35-25(29)43-21/h2-12H,1H3,(H,34,39)(H,36,38)(H,37,41). The monoisotopic (exact) mass is 628 g/mol. The van der Waals surface area contributed by atoms with Crippen LogP contribution in [0.1, 0.15) is 15.4 Å². The van der Waals surface area contributed by atoms with E-state index in [9.17, 15) is 22.4 Å². The maximum absolute atomic E-state index is 13.2. The van der Waals surface area contributed by atoms with Crippen LogP contribution in [0.5, 0.6) is 11.5 Å². The lowest BCUT2D eigenvalue weighted by Crippen LogP contribution is -2.11. The minimum absolute atomic E-state index is 0.0454. The smallest absolute Gasteiger partial charge is 0.432 e. The van der Waals surface area contributed by atoms with E-state index in [0.717, 1.165) is 11.7 Å². The number of halogens is 5. The van der Waals surface area contributed by atoms with Crippen molar-refractivity contribution < 1.29 is 27.1 Å². The zero-order chi connectivity index (χ0) is 30.3. The predicted molar refractivity (Wildman–Crippen MR) is 152 cm³/mol. The molecule has 3 N–H and O–H groups in total. The predicted octanol–water partition coefficient (Wildman–Crippen LogP) is 7.41. The Morgan fingerprint density at radius 3 is 2.60 bits per heavy atom. The number of nitrogens with zero attached hydrogens (tertiary/aromatic N) is 5. The Bertz CT molecular complexity index is 1990. The van der Waals surface area contributed by atoms with Crippen molar-refractivity contribution in [3.05, 3.63) is 88.0 Å². The summed E-state index contributed by atoms with van der Waals surface area (Å²) in [4.78, 5) is 30.7. The lowest BCUT2D eigenvalue weighted by molar-refractivity contribution is -0.140. The Morgan fingerprint density at radius 2 is 1.86 bits per heavy atom. The first-order valence-corrected chi connectivity index (χ1v) is 13.4. The number of imidazole rings is 2. The molecule has 0 spiro atoms. The molecule has 0 radical (unpaired) electrons. The van der Waals surface area contributed by atoms with E-state index in [1.54, 1.807) is 42.5 Å². The number of alkyl halides is 3. The van der Waals surface area contributed by atoms with Crippen LogP contribution in [0, 0.1) is 5.26 Å². The number of thiazole rings is 1. The summed E-state index contributed by atoms with van der Waals surface area (Å²) in [5, 5.41) is 5.40. The van der Waals surface area contributed by atoms with E-state index >= 15 is 0 Å². The van der Waals surface area contributed by atoms with E-state index in [0.29, 0.717) is 51.9 Å². The second-order valence-corrected chi connectivity index (χ2v) is 10.4. The molecule has 4 aromatic heterocycles. The number of benzene rings is 2. The van der Waals surface area contributed by atoms with Crippen molar-refractivity contribution >= 4 is 57.2 Å². The highest BCUT2D eigenvalue weighted by atomic mass is 35.5. The molecule has 0 fully saturated rings. The third-order valence-corrected chi connectivity index (χ3v) is 7.23. The summed E-state index contributed by atoms with van der Waals surface area (Å²) in [6.07, 6.45) is -1.30. The highest BCUT2D eigenvalue weighted by Crippen LogP contribution is 2.33. The number of aromatic amines is 1. The lowest BCUT2D eigenvalue weighted by atomic mass is 10.2. The SMILES string of the molecule is Cn1c(Nc2ccc(Cl)c(NC(=O)c3cnc(F)s3)c2)nc2cc(Oc3ccnc(-c4ncc(C(F)(F)F)[nH]4)c3)ccc21. The van der Waals surface area contributed by atoms with Gasteiger partial charge in [-0.15, -0.1) is 0 Å². The number of amides is 1. The highest BCUT2D eigenvalue weighted by molar-refractivity contribution is 7.12. The van der Waals surface area contributed by atoms with Crippen molar-refractivity contribution in [3.63, 3.8) is 0 Å². The fourth-order valence-electron chi connectivity index (χ4n) is 4.06. The van der Waals surface area contributed by atoms with Crippen LogP contribution in [0.4, 0.5) is 34.9 Å². The lowest BCUT2D eigenvalue weighted by Gasteiger charge is -2.10. The number of carbonyl (C=O) groups is 1. The molecule has 0 unspecified atom stereocenters. The van der Waals surface area contributed by atoms with Crippen LogP contribution in [0.3, 0.4) is 0 Å². The zero-order valence-electron chi connectivity index (χ0n) is 21.7. The van der Waals surface area contributed by atoms with E-state index < -0.39 is 23.0 Å². The topological polar surface area (TPSA) is 123 Å². The molecular weight excluding hydrogens is 612 g/mol. The highest BCUT2D eigenvalue weighted by Gasteiger charge is 2.33. The van der Waals surface area contributed by atoms with Crippen LogP contribution < -0.4 is 15.4 Å². The van der Waals surface area contributed by atoms with Gasteiger partial charge in [0.2, 0.25) is 5.95 Å². The normalized spacial score (nSPS) is 11.6. The number of carbonyl (C=O) groups excluding carboxylic acids is 1. The van der Waals surface area contributed by atoms with Gasteiger partial charge in [-0.25, -0.2) is 15.0 Å². The molecule has 0 saturated heterocycles. The number of nitrogens with one attached hydrogen (secondary N) is 3. The van der Waals surface area contributed by atoms with Crippen LogP contribution >= 0.6 is 22.9 Å². The molecule has 10 nitrogen and oxygen atoms in total. The summed E-state index contributed by atoms with van der Waals surface area (Å²) in [5.41, 5.74) is 1.44. The van der Waals surface area contributed by atoms with Gasteiger partial charge in [-0.2, -0.15) is 17.6 Å². The Hall–Kier alpha value is -5.02. The van der Waals surface area contributed by atoms with Gasteiger partial charge in [0.05, 0.1) is 34.1 Å². The van der Waals surface area contributed by atoms with Crippen molar-refractivity contribution in [3.8, 4) is 23.0 Å². The second kappa shape index (κ2) is 11.0. The first kappa shape index (κ1) is 28.1. The molecule has 0 aliphatic rings. The van der Waals surface area contributed by atoms with Gasteiger partial charge in [0.1, 0.15) is 27.8 Å². The molecule has 2 aromatic carbocycles. The van der Waals surface area contributed by atoms with Gasteiger partial charge in [-0.1, -0.05) is 22.9 Å². The third-order valence-electron chi connectivity index (χ3n) is 6.12. The second-order valence-electron chi connectivity index (χ2n) is 9.02. The van der Waals surface area contributed by atoms with E-state index in [1.165, 1.54) is 12.3 Å². The molecule has 218 valence electrons. The molecule has 0 bridgehead atoms. The number of aryl methyl sites for hydroxylation is 1. The number of ether oxygens (including phenoxy) is 1. The third kappa shape index (κ3) is 5.98. The Balaban J connectivity index is 1.20. The summed E-state index contributed by atoms with van der Waals surface area (Å²) < 4.78 is 59.8. The van der Waals surface area contributed by atoms with Crippen molar-refractivity contribution in [2.24, 2.45) is 7.05 Å². The van der Waals surface area contributed by atoms with Gasteiger partial charge in [0.15, 0.2) is 5.82 Å². The molecule has 43 heavy (non-hydrogen) atoms. The molecule has 1 amide bonds. The maximum atomic E-state index is 13.2. The number of hydrogen-bond acceptors (Lipinski definition) is 8. The summed E-state index contributed by atoms with van der Waals surface area (Å²) in [6.45, 7) is 0. The minimum atomic E-state index is -4.55. The summed E-state index contributed by atoms with van der Waals surface area (Å²) >= 11 is 6.88. The fourth-order valence-corrected chi connectivity index (χ4v) is 4.76. The van der Waals surface area contributed by atoms with Gasteiger partial charge in [-0.3, -0.25) is 9.78 Å². The van der Waals surface area contributed by atoms with Crippen LogP contribution in [-0.4, -0.2) is 35.4 Å². The number of aromatic nitrogens is 6. The molecule has 0 aliphatic carbocycles. The number of fused-ring (bicyclic) bond motifs is 1. The first-order chi connectivity index (χ1) is 20.5. The molecule has 0 saturated carbocycles. The van der Waals surface area contributed by atoms with E-state index in [1.807, 2.05) is 11.6 Å². The van der Waals surface area contributed by atoms with Gasteiger partial charge < -0.3 is 24.9 Å². The van der Waals surface area contributed by atoms with Gasteiger partial charge in [-0.05, 0) is 36.4 Å². The molecule has 16 heteroatoms. The quantitative estimate of drug-likeness (QED) is 0.157. The molecule has 6 rings (SSSR count). The number of hydrogen-bond donors (Lipinski definition) is 3.